The third kappa shape index (κ3) is 4.03. The van der Waals surface area contributed by atoms with Crippen LogP contribution in [0.1, 0.15) is 22.4 Å². The first-order valence-electron chi connectivity index (χ1n) is 7.32. The number of aromatic nitrogens is 1. The molecule has 0 unspecified atom stereocenters. The van der Waals surface area contributed by atoms with E-state index < -0.39 is 0 Å². The molecule has 1 nitrogen and oxygen atoms in total. The van der Waals surface area contributed by atoms with Gasteiger partial charge in [-0.25, -0.2) is 0 Å². The first-order chi connectivity index (χ1) is 10.9. The average molecular weight is 283 g/mol. The van der Waals surface area contributed by atoms with Gasteiger partial charge in [-0.1, -0.05) is 78.9 Å². The number of benzene rings is 2. The van der Waals surface area contributed by atoms with E-state index in [0.29, 0.717) is 0 Å². The fourth-order valence-electron chi connectivity index (χ4n) is 2.16. The summed E-state index contributed by atoms with van der Waals surface area (Å²) < 4.78 is 0. The summed E-state index contributed by atoms with van der Waals surface area (Å²) in [5.41, 5.74) is 4.47. The summed E-state index contributed by atoms with van der Waals surface area (Å²) in [5.74, 6) is 0. The van der Waals surface area contributed by atoms with Crippen LogP contribution in [0.3, 0.4) is 0 Å². The Morgan fingerprint density at radius 1 is 0.545 bits per heavy atom. The van der Waals surface area contributed by atoms with E-state index in [1.807, 2.05) is 54.7 Å². The normalized spacial score (nSPS) is 11.3. The summed E-state index contributed by atoms with van der Waals surface area (Å²) in [5, 5.41) is 0. The summed E-state index contributed by atoms with van der Waals surface area (Å²) in [6.07, 6.45) is 10.2. The monoisotopic (exact) mass is 283 g/mol. The molecule has 0 atom stereocenters. The van der Waals surface area contributed by atoms with E-state index in [0.717, 1.165) is 11.3 Å². The molecule has 106 valence electrons. The quantitative estimate of drug-likeness (QED) is 0.622. The highest BCUT2D eigenvalue weighted by Crippen LogP contribution is 2.11. The summed E-state index contributed by atoms with van der Waals surface area (Å²) in [7, 11) is 0. The van der Waals surface area contributed by atoms with Crippen LogP contribution in [0.15, 0.2) is 79.0 Å². The molecule has 22 heavy (non-hydrogen) atoms. The third-order valence-electron chi connectivity index (χ3n) is 3.32. The average Bonchev–Trinajstić information content (AvgIpc) is 2.60. The summed E-state index contributed by atoms with van der Waals surface area (Å²) >= 11 is 0. The van der Waals surface area contributed by atoms with Gasteiger partial charge in [0, 0.05) is 6.20 Å². The van der Waals surface area contributed by atoms with Gasteiger partial charge in [-0.15, -0.1) is 0 Å². The van der Waals surface area contributed by atoms with Gasteiger partial charge < -0.3 is 0 Å². The predicted molar refractivity (Wildman–Crippen MR) is 95.0 cm³/mol. The van der Waals surface area contributed by atoms with Crippen molar-refractivity contribution >= 4 is 24.3 Å². The van der Waals surface area contributed by atoms with Gasteiger partial charge in [0.05, 0.1) is 5.69 Å². The fourth-order valence-corrected chi connectivity index (χ4v) is 2.16. The highest BCUT2D eigenvalue weighted by Gasteiger charge is 1.92. The van der Waals surface area contributed by atoms with Crippen molar-refractivity contribution in [1.82, 2.24) is 4.98 Å². The van der Waals surface area contributed by atoms with E-state index in [4.69, 9.17) is 0 Å². The Labute approximate surface area is 131 Å². The summed E-state index contributed by atoms with van der Waals surface area (Å²) in [4.78, 5) is 4.39. The first-order valence-corrected chi connectivity index (χ1v) is 7.32. The van der Waals surface area contributed by atoms with Crippen LogP contribution in [-0.4, -0.2) is 4.98 Å². The van der Waals surface area contributed by atoms with E-state index in [9.17, 15) is 0 Å². The second-order valence-electron chi connectivity index (χ2n) is 5.00. The number of hydrogen-bond donors (Lipinski definition) is 0. The Morgan fingerprint density at radius 2 is 1.09 bits per heavy atom. The lowest BCUT2D eigenvalue weighted by Crippen LogP contribution is -1.81. The maximum absolute atomic E-state index is 4.39. The Bertz CT molecular complexity index is 707. The van der Waals surface area contributed by atoms with Gasteiger partial charge in [0.25, 0.3) is 0 Å². The molecule has 3 rings (SSSR count). The minimum atomic E-state index is 0.957. The van der Waals surface area contributed by atoms with Gasteiger partial charge >= 0.3 is 0 Å². The van der Waals surface area contributed by atoms with Crippen LogP contribution in [0.4, 0.5) is 0 Å². The molecule has 0 aliphatic heterocycles. The van der Waals surface area contributed by atoms with Gasteiger partial charge in [0.1, 0.15) is 0 Å². The van der Waals surface area contributed by atoms with Crippen molar-refractivity contribution in [2.75, 3.05) is 0 Å². The molecule has 0 fully saturated rings. The number of rotatable bonds is 4. The molecule has 0 radical (unpaired) electrons. The van der Waals surface area contributed by atoms with Crippen LogP contribution in [0.5, 0.6) is 0 Å². The molecule has 1 heteroatoms. The zero-order valence-corrected chi connectivity index (χ0v) is 12.3. The largest absolute Gasteiger partial charge is 0.257 e. The van der Waals surface area contributed by atoms with Crippen LogP contribution >= 0.6 is 0 Å². The van der Waals surface area contributed by atoms with Gasteiger partial charge in [-0.05, 0) is 34.9 Å². The van der Waals surface area contributed by atoms with Crippen molar-refractivity contribution in [1.29, 1.82) is 0 Å². The highest BCUT2D eigenvalue weighted by molar-refractivity contribution is 5.72. The van der Waals surface area contributed by atoms with E-state index in [1.165, 1.54) is 11.1 Å². The molecular weight excluding hydrogens is 266 g/mol. The predicted octanol–water partition coefficient (Wildman–Crippen LogP) is 5.42. The van der Waals surface area contributed by atoms with Crippen LogP contribution in [0, 0.1) is 0 Å². The van der Waals surface area contributed by atoms with Crippen molar-refractivity contribution in [3.63, 3.8) is 0 Å². The van der Waals surface area contributed by atoms with E-state index >= 15 is 0 Å². The standard InChI is InChI=1S/C21H17N/c1-3-7-18(8-4-1)11-12-20-15-16-22-21(17-20)14-13-19-9-5-2-6-10-19/h1-17H/b12-11-,14-13+. The van der Waals surface area contributed by atoms with Crippen molar-refractivity contribution in [3.8, 4) is 0 Å². The Hall–Kier alpha value is -2.93. The molecule has 0 saturated carbocycles. The topological polar surface area (TPSA) is 12.9 Å². The molecule has 0 saturated heterocycles. The summed E-state index contributed by atoms with van der Waals surface area (Å²) in [6, 6.07) is 24.6. The van der Waals surface area contributed by atoms with Crippen LogP contribution in [-0.2, 0) is 0 Å². The van der Waals surface area contributed by atoms with Gasteiger partial charge in [0.2, 0.25) is 0 Å². The molecule has 0 bridgehead atoms. The molecular formula is C21H17N. The van der Waals surface area contributed by atoms with E-state index in [1.54, 1.807) is 0 Å². The van der Waals surface area contributed by atoms with Gasteiger partial charge in [-0.2, -0.15) is 0 Å². The lowest BCUT2D eigenvalue weighted by molar-refractivity contribution is 1.29. The number of nitrogens with zero attached hydrogens (tertiary/aromatic N) is 1. The van der Waals surface area contributed by atoms with Gasteiger partial charge in [0.15, 0.2) is 0 Å². The SMILES string of the molecule is C(=C/c1ccnc(/C=C/c2ccccc2)c1)/c1ccccc1. The molecule has 3 aromatic rings. The smallest absolute Gasteiger partial charge is 0.0635 e. The van der Waals surface area contributed by atoms with E-state index in [2.05, 4.69) is 53.5 Å². The third-order valence-corrected chi connectivity index (χ3v) is 3.32. The molecule has 2 aromatic carbocycles. The zero-order chi connectivity index (χ0) is 15.0. The van der Waals surface area contributed by atoms with Crippen molar-refractivity contribution in [2.24, 2.45) is 0 Å². The van der Waals surface area contributed by atoms with Crippen LogP contribution in [0.25, 0.3) is 24.3 Å². The lowest BCUT2D eigenvalue weighted by Gasteiger charge is -1.97. The van der Waals surface area contributed by atoms with Crippen molar-refractivity contribution in [2.45, 2.75) is 0 Å². The van der Waals surface area contributed by atoms with Crippen LogP contribution in [0.2, 0.25) is 0 Å². The molecule has 0 N–H and O–H groups in total. The first kappa shape index (κ1) is 14.0. The Kier molecular flexibility index (Phi) is 4.58. The molecule has 0 aliphatic carbocycles. The molecule has 1 heterocycles. The second-order valence-corrected chi connectivity index (χ2v) is 5.00. The minimum Gasteiger partial charge on any atom is -0.257 e. The Balaban J connectivity index is 1.75. The molecule has 0 amide bonds. The molecule has 0 aliphatic rings. The number of hydrogen-bond acceptors (Lipinski definition) is 1. The maximum Gasteiger partial charge on any atom is 0.0635 e. The Morgan fingerprint density at radius 3 is 1.73 bits per heavy atom. The second kappa shape index (κ2) is 7.19. The molecule has 0 spiro atoms. The van der Waals surface area contributed by atoms with Crippen LogP contribution < -0.4 is 0 Å². The molecule has 1 aromatic heterocycles. The van der Waals surface area contributed by atoms with Crippen molar-refractivity contribution < 1.29 is 0 Å². The summed E-state index contributed by atoms with van der Waals surface area (Å²) in [6.45, 7) is 0. The fraction of sp³-hybridized carbons (Fsp3) is 0. The maximum atomic E-state index is 4.39. The van der Waals surface area contributed by atoms with Gasteiger partial charge in [-0.3, -0.25) is 4.98 Å². The highest BCUT2D eigenvalue weighted by atomic mass is 14.6. The number of pyridine rings is 1. The minimum absolute atomic E-state index is 0.957. The van der Waals surface area contributed by atoms with E-state index in [-0.39, 0.29) is 0 Å². The lowest BCUT2D eigenvalue weighted by atomic mass is 10.1. The van der Waals surface area contributed by atoms with Crippen molar-refractivity contribution in [3.05, 3.63) is 101 Å². The zero-order valence-electron chi connectivity index (χ0n) is 12.3.